The number of carbonyl (C=O) groups excluding carboxylic acids is 2. The number of aryl methyl sites for hydroxylation is 1. The summed E-state index contributed by atoms with van der Waals surface area (Å²) in [7, 11) is 3.18. The number of methoxy groups -OCH3 is 1. The number of likely N-dealkylation sites (N-methyl/N-ethyl adjacent to an activating group) is 1. The van der Waals surface area contributed by atoms with Gasteiger partial charge in [0.15, 0.2) is 0 Å². The molecule has 0 bridgehead atoms. The van der Waals surface area contributed by atoms with Crippen LogP contribution < -0.4 is 9.64 Å². The lowest BCUT2D eigenvalue weighted by atomic mass is 10.1. The van der Waals surface area contributed by atoms with Gasteiger partial charge in [-0.05, 0) is 60.4 Å². The highest BCUT2D eigenvalue weighted by atomic mass is 16.5. The van der Waals surface area contributed by atoms with Crippen molar-refractivity contribution in [2.24, 2.45) is 0 Å². The third kappa shape index (κ3) is 6.69. The summed E-state index contributed by atoms with van der Waals surface area (Å²) in [4.78, 5) is 30.4. The van der Waals surface area contributed by atoms with Gasteiger partial charge in [-0.3, -0.25) is 9.59 Å². The number of hydrogen-bond acceptors (Lipinski definition) is 5. The molecule has 0 saturated heterocycles. The van der Waals surface area contributed by atoms with E-state index in [9.17, 15) is 9.59 Å². The van der Waals surface area contributed by atoms with Gasteiger partial charge in [-0.2, -0.15) is 0 Å². The van der Waals surface area contributed by atoms with E-state index in [1.807, 2.05) is 84.9 Å². The zero-order chi connectivity index (χ0) is 25.3. The van der Waals surface area contributed by atoms with E-state index in [-0.39, 0.29) is 11.9 Å². The van der Waals surface area contributed by atoms with Crippen LogP contribution in [0.15, 0.2) is 84.9 Å². The zero-order valence-electron chi connectivity index (χ0n) is 20.6. The van der Waals surface area contributed by atoms with Crippen molar-refractivity contribution in [3.05, 3.63) is 102 Å². The molecule has 1 amide bonds. The summed E-state index contributed by atoms with van der Waals surface area (Å²) in [6, 6.07) is 27.5. The molecule has 0 N–H and O–H groups in total. The van der Waals surface area contributed by atoms with Gasteiger partial charge in [0.25, 0.3) is 0 Å². The Morgan fingerprint density at radius 3 is 2.33 bits per heavy atom. The molecule has 4 aromatic rings. The molecule has 6 nitrogen and oxygen atoms in total. The van der Waals surface area contributed by atoms with Crippen LogP contribution in [-0.4, -0.2) is 31.0 Å². The van der Waals surface area contributed by atoms with Gasteiger partial charge in [0.2, 0.25) is 5.91 Å². The SMILES string of the molecule is COC(=O)CCCc1ccc(N(C)C(=O)Cc2ccc(OCc3ccc4ccccc4n3)cc2)cc1. The maximum atomic E-state index is 12.8. The Bertz CT molecular complexity index is 1320. The second kappa shape index (κ2) is 12.0. The fourth-order valence-electron chi connectivity index (χ4n) is 3.91. The van der Waals surface area contributed by atoms with Crippen LogP contribution in [0.5, 0.6) is 5.75 Å². The fourth-order valence-corrected chi connectivity index (χ4v) is 3.91. The minimum atomic E-state index is -0.196. The number of nitrogens with zero attached hydrogens (tertiary/aromatic N) is 2. The molecule has 0 unspecified atom stereocenters. The number of anilines is 1. The average Bonchev–Trinajstić information content (AvgIpc) is 2.92. The van der Waals surface area contributed by atoms with Crippen LogP contribution in [0.3, 0.4) is 0 Å². The summed E-state index contributed by atoms with van der Waals surface area (Å²) in [5, 5.41) is 1.10. The predicted molar refractivity (Wildman–Crippen MR) is 141 cm³/mol. The van der Waals surface area contributed by atoms with Gasteiger partial charge in [0, 0.05) is 24.5 Å². The molecular formula is C30H30N2O4. The Morgan fingerprint density at radius 2 is 1.58 bits per heavy atom. The van der Waals surface area contributed by atoms with Crippen molar-refractivity contribution < 1.29 is 19.1 Å². The lowest BCUT2D eigenvalue weighted by Gasteiger charge is -2.18. The minimum absolute atomic E-state index is 0.00229. The van der Waals surface area contributed by atoms with Gasteiger partial charge >= 0.3 is 5.97 Å². The number of benzene rings is 3. The number of amides is 1. The Morgan fingerprint density at radius 1 is 0.861 bits per heavy atom. The van der Waals surface area contributed by atoms with Crippen LogP contribution in [0.2, 0.25) is 0 Å². The number of esters is 1. The molecule has 0 atom stereocenters. The summed E-state index contributed by atoms with van der Waals surface area (Å²) < 4.78 is 10.6. The molecule has 6 heteroatoms. The molecule has 3 aromatic carbocycles. The predicted octanol–water partition coefficient (Wildman–Crippen LogP) is 5.52. The van der Waals surface area contributed by atoms with Crippen molar-refractivity contribution in [3.63, 3.8) is 0 Å². The molecule has 0 saturated carbocycles. The van der Waals surface area contributed by atoms with E-state index in [1.165, 1.54) is 7.11 Å². The monoisotopic (exact) mass is 482 g/mol. The van der Waals surface area contributed by atoms with E-state index in [0.29, 0.717) is 19.4 Å². The molecule has 184 valence electrons. The topological polar surface area (TPSA) is 68.7 Å². The van der Waals surface area contributed by atoms with Crippen LogP contribution in [0.1, 0.15) is 29.7 Å². The maximum absolute atomic E-state index is 12.8. The third-order valence-corrected chi connectivity index (χ3v) is 6.09. The normalized spacial score (nSPS) is 10.7. The van der Waals surface area contributed by atoms with Crippen molar-refractivity contribution in [2.45, 2.75) is 32.3 Å². The summed E-state index contributed by atoms with van der Waals surface area (Å²) >= 11 is 0. The third-order valence-electron chi connectivity index (χ3n) is 6.09. The molecular weight excluding hydrogens is 452 g/mol. The highest BCUT2D eigenvalue weighted by Gasteiger charge is 2.12. The first-order chi connectivity index (χ1) is 17.5. The summed E-state index contributed by atoms with van der Waals surface area (Å²) in [6.45, 7) is 0.379. The zero-order valence-corrected chi connectivity index (χ0v) is 20.6. The molecule has 4 rings (SSSR count). The smallest absolute Gasteiger partial charge is 0.305 e. The number of carbonyl (C=O) groups is 2. The maximum Gasteiger partial charge on any atom is 0.305 e. The molecule has 0 spiro atoms. The number of ether oxygens (including phenoxy) is 2. The molecule has 36 heavy (non-hydrogen) atoms. The lowest BCUT2D eigenvalue weighted by molar-refractivity contribution is -0.140. The summed E-state index contributed by atoms with van der Waals surface area (Å²) in [6.07, 6.45) is 2.22. The van der Waals surface area contributed by atoms with Gasteiger partial charge in [-0.1, -0.05) is 48.5 Å². The first-order valence-corrected chi connectivity index (χ1v) is 12.0. The number of hydrogen-bond donors (Lipinski definition) is 0. The molecule has 0 radical (unpaired) electrons. The number of rotatable bonds is 10. The van der Waals surface area contributed by atoms with Crippen molar-refractivity contribution in [1.82, 2.24) is 4.98 Å². The molecule has 1 aromatic heterocycles. The van der Waals surface area contributed by atoms with Crippen molar-refractivity contribution in [1.29, 1.82) is 0 Å². The number of pyridine rings is 1. The fraction of sp³-hybridized carbons (Fsp3) is 0.233. The Kier molecular flexibility index (Phi) is 8.29. The van der Waals surface area contributed by atoms with Gasteiger partial charge in [0.1, 0.15) is 12.4 Å². The molecule has 0 aliphatic rings. The van der Waals surface area contributed by atoms with Crippen LogP contribution in [-0.2, 0) is 33.8 Å². The second-order valence-electron chi connectivity index (χ2n) is 8.65. The van der Waals surface area contributed by atoms with Gasteiger partial charge in [-0.25, -0.2) is 4.98 Å². The first kappa shape index (κ1) is 24.9. The van der Waals surface area contributed by atoms with Gasteiger partial charge in [0.05, 0.1) is 24.7 Å². The first-order valence-electron chi connectivity index (χ1n) is 12.0. The standard InChI is InChI=1S/C30H30N2O4/c1-32(26-16-10-22(11-17-26)6-5-9-30(34)35-2)29(33)20-23-12-18-27(19-13-23)36-21-25-15-14-24-7-3-4-8-28(24)31-25/h3-4,7-8,10-19H,5-6,9,20-21H2,1-2H3. The minimum Gasteiger partial charge on any atom is -0.487 e. The molecule has 1 heterocycles. The summed E-state index contributed by atoms with van der Waals surface area (Å²) in [5.74, 6) is 0.540. The average molecular weight is 483 g/mol. The quantitative estimate of drug-likeness (QED) is 0.279. The highest BCUT2D eigenvalue weighted by Crippen LogP contribution is 2.19. The van der Waals surface area contributed by atoms with E-state index < -0.39 is 0 Å². The largest absolute Gasteiger partial charge is 0.487 e. The summed E-state index contributed by atoms with van der Waals surface area (Å²) in [5.41, 5.74) is 4.69. The number of para-hydroxylation sites is 1. The van der Waals surface area contributed by atoms with Crippen LogP contribution in [0, 0.1) is 0 Å². The number of fused-ring (bicyclic) bond motifs is 1. The van der Waals surface area contributed by atoms with E-state index in [4.69, 9.17) is 4.74 Å². The van der Waals surface area contributed by atoms with Crippen LogP contribution in [0.25, 0.3) is 10.9 Å². The molecule has 0 aliphatic carbocycles. The van der Waals surface area contributed by atoms with E-state index in [2.05, 4.69) is 9.72 Å². The number of aromatic nitrogens is 1. The van der Waals surface area contributed by atoms with E-state index >= 15 is 0 Å². The van der Waals surface area contributed by atoms with E-state index in [1.54, 1.807) is 11.9 Å². The Hall–Kier alpha value is -4.19. The Balaban J connectivity index is 1.27. The van der Waals surface area contributed by atoms with Gasteiger partial charge < -0.3 is 14.4 Å². The van der Waals surface area contributed by atoms with Gasteiger partial charge in [-0.15, -0.1) is 0 Å². The highest BCUT2D eigenvalue weighted by molar-refractivity contribution is 5.94. The van der Waals surface area contributed by atoms with Crippen molar-refractivity contribution >= 4 is 28.5 Å². The van der Waals surface area contributed by atoms with Crippen molar-refractivity contribution in [2.75, 3.05) is 19.1 Å². The van der Waals surface area contributed by atoms with Crippen LogP contribution in [0.4, 0.5) is 5.69 Å². The Labute approximate surface area is 211 Å². The lowest BCUT2D eigenvalue weighted by Crippen LogP contribution is -2.27. The van der Waals surface area contributed by atoms with Crippen molar-refractivity contribution in [3.8, 4) is 5.75 Å². The second-order valence-corrected chi connectivity index (χ2v) is 8.65. The molecule has 0 fully saturated rings. The molecule has 0 aliphatic heterocycles. The van der Waals surface area contributed by atoms with Crippen LogP contribution >= 0.6 is 0 Å². The van der Waals surface area contributed by atoms with E-state index in [0.717, 1.165) is 52.0 Å².